The number of aromatic nitrogens is 1. The standard InChI is InChI=1S/C18H23F2N3OS/c1-11-3-4-14-17(12(11)2)22-18(25-14)23-7-5-13(6-8-23)9-16(24)21-10-15(19)20/h3-4,13,15H,5-10H2,1-2H3,(H,21,24). The van der Waals surface area contributed by atoms with Crippen molar-refractivity contribution in [2.45, 2.75) is 39.5 Å². The lowest BCUT2D eigenvalue weighted by molar-refractivity contribution is -0.122. The van der Waals surface area contributed by atoms with Crippen LogP contribution in [0.25, 0.3) is 10.2 Å². The molecule has 0 atom stereocenters. The number of carbonyl (C=O) groups is 1. The van der Waals surface area contributed by atoms with E-state index < -0.39 is 13.0 Å². The maximum Gasteiger partial charge on any atom is 0.255 e. The van der Waals surface area contributed by atoms with Crippen LogP contribution in [0.3, 0.4) is 0 Å². The molecule has 2 heterocycles. The smallest absolute Gasteiger partial charge is 0.255 e. The van der Waals surface area contributed by atoms with Crippen molar-refractivity contribution < 1.29 is 13.6 Å². The van der Waals surface area contributed by atoms with Gasteiger partial charge in [-0.3, -0.25) is 4.79 Å². The van der Waals surface area contributed by atoms with Gasteiger partial charge in [0, 0.05) is 19.5 Å². The molecule has 1 aromatic heterocycles. The van der Waals surface area contributed by atoms with E-state index in [-0.39, 0.29) is 11.8 Å². The number of piperidine rings is 1. The SMILES string of the molecule is Cc1ccc2sc(N3CCC(CC(=O)NCC(F)F)CC3)nc2c1C. The minimum Gasteiger partial charge on any atom is -0.350 e. The van der Waals surface area contributed by atoms with Crippen LogP contribution in [0.15, 0.2) is 12.1 Å². The molecule has 7 heteroatoms. The Hall–Kier alpha value is -1.76. The van der Waals surface area contributed by atoms with Gasteiger partial charge in [0.2, 0.25) is 5.91 Å². The summed E-state index contributed by atoms with van der Waals surface area (Å²) in [6.45, 7) is 5.35. The van der Waals surface area contributed by atoms with Crippen LogP contribution < -0.4 is 10.2 Å². The second-order valence-electron chi connectivity index (χ2n) is 6.68. The van der Waals surface area contributed by atoms with Crippen molar-refractivity contribution in [2.24, 2.45) is 5.92 Å². The average Bonchev–Trinajstić information content (AvgIpc) is 3.02. The van der Waals surface area contributed by atoms with Crippen LogP contribution in [-0.2, 0) is 4.79 Å². The number of nitrogens with zero attached hydrogens (tertiary/aromatic N) is 2. The summed E-state index contributed by atoms with van der Waals surface area (Å²) in [6.07, 6.45) is -0.387. The Morgan fingerprint density at radius 2 is 2.08 bits per heavy atom. The Labute approximate surface area is 150 Å². The number of hydrogen-bond acceptors (Lipinski definition) is 4. The van der Waals surface area contributed by atoms with E-state index in [0.717, 1.165) is 36.6 Å². The molecule has 0 bridgehead atoms. The molecule has 0 saturated carbocycles. The highest BCUT2D eigenvalue weighted by atomic mass is 32.1. The zero-order valence-electron chi connectivity index (χ0n) is 14.5. The molecular weight excluding hydrogens is 344 g/mol. The number of anilines is 1. The number of nitrogens with one attached hydrogen (secondary N) is 1. The van der Waals surface area contributed by atoms with Gasteiger partial charge in [-0.05, 0) is 49.8 Å². The number of halogens is 2. The van der Waals surface area contributed by atoms with Crippen LogP contribution in [0.1, 0.15) is 30.4 Å². The summed E-state index contributed by atoms with van der Waals surface area (Å²) in [5, 5.41) is 3.32. The quantitative estimate of drug-likeness (QED) is 0.872. The van der Waals surface area contributed by atoms with Crippen LogP contribution in [0.2, 0.25) is 0 Å². The van der Waals surface area contributed by atoms with Crippen LogP contribution in [0, 0.1) is 19.8 Å². The molecule has 1 aliphatic heterocycles. The summed E-state index contributed by atoms with van der Waals surface area (Å²) in [5.74, 6) is -0.0166. The van der Waals surface area contributed by atoms with E-state index in [1.165, 1.54) is 15.8 Å². The summed E-state index contributed by atoms with van der Waals surface area (Å²) >= 11 is 1.71. The number of hydrogen-bond donors (Lipinski definition) is 1. The topological polar surface area (TPSA) is 45.2 Å². The van der Waals surface area contributed by atoms with Gasteiger partial charge in [-0.1, -0.05) is 17.4 Å². The van der Waals surface area contributed by atoms with E-state index in [1.807, 2.05) is 0 Å². The van der Waals surface area contributed by atoms with Gasteiger partial charge < -0.3 is 10.2 Å². The molecule has 1 saturated heterocycles. The van der Waals surface area contributed by atoms with Gasteiger partial charge in [0.25, 0.3) is 6.43 Å². The third-order valence-corrected chi connectivity index (χ3v) is 5.97. The first-order valence-electron chi connectivity index (χ1n) is 8.60. The van der Waals surface area contributed by atoms with Gasteiger partial charge in [-0.2, -0.15) is 0 Å². The number of alkyl halides is 2. The molecule has 0 aliphatic carbocycles. The second-order valence-corrected chi connectivity index (χ2v) is 7.69. The van der Waals surface area contributed by atoms with Crippen molar-refractivity contribution in [1.82, 2.24) is 10.3 Å². The molecule has 136 valence electrons. The highest BCUT2D eigenvalue weighted by Gasteiger charge is 2.24. The van der Waals surface area contributed by atoms with Gasteiger partial charge in [0.15, 0.2) is 5.13 Å². The van der Waals surface area contributed by atoms with Crippen molar-refractivity contribution in [1.29, 1.82) is 0 Å². The van der Waals surface area contributed by atoms with E-state index in [4.69, 9.17) is 4.98 Å². The largest absolute Gasteiger partial charge is 0.350 e. The van der Waals surface area contributed by atoms with Crippen LogP contribution in [-0.4, -0.2) is 37.0 Å². The predicted molar refractivity (Wildman–Crippen MR) is 97.7 cm³/mol. The molecule has 3 rings (SSSR count). The number of thiazole rings is 1. The van der Waals surface area contributed by atoms with Gasteiger partial charge >= 0.3 is 0 Å². The second kappa shape index (κ2) is 7.64. The Morgan fingerprint density at radius 3 is 2.76 bits per heavy atom. The van der Waals surface area contributed by atoms with Crippen LogP contribution in [0.5, 0.6) is 0 Å². The molecule has 1 N–H and O–H groups in total. The minimum absolute atomic E-state index is 0.257. The zero-order chi connectivity index (χ0) is 18.0. The van der Waals surface area contributed by atoms with E-state index in [0.29, 0.717) is 6.42 Å². The summed E-state index contributed by atoms with van der Waals surface area (Å²) in [4.78, 5) is 18.8. The predicted octanol–water partition coefficient (Wildman–Crippen LogP) is 3.90. The van der Waals surface area contributed by atoms with Crippen molar-refractivity contribution in [3.63, 3.8) is 0 Å². The Morgan fingerprint density at radius 1 is 1.36 bits per heavy atom. The lowest BCUT2D eigenvalue weighted by Gasteiger charge is -2.31. The van der Waals surface area contributed by atoms with Crippen molar-refractivity contribution in [3.05, 3.63) is 23.3 Å². The van der Waals surface area contributed by atoms with E-state index in [9.17, 15) is 13.6 Å². The molecule has 25 heavy (non-hydrogen) atoms. The van der Waals surface area contributed by atoms with Gasteiger partial charge in [-0.15, -0.1) is 0 Å². The third kappa shape index (κ3) is 4.26. The molecule has 1 aromatic carbocycles. The minimum atomic E-state index is -2.49. The number of aryl methyl sites for hydroxylation is 2. The normalized spacial score (nSPS) is 16.0. The number of benzene rings is 1. The van der Waals surface area contributed by atoms with Crippen LogP contribution in [0.4, 0.5) is 13.9 Å². The Kier molecular flexibility index (Phi) is 5.51. The fourth-order valence-corrected chi connectivity index (χ4v) is 4.28. The third-order valence-electron chi connectivity index (χ3n) is 4.89. The number of amides is 1. The molecule has 2 aromatic rings. The first-order chi connectivity index (χ1) is 11.9. The summed E-state index contributed by atoms with van der Waals surface area (Å²) < 4.78 is 25.5. The Balaban J connectivity index is 1.57. The van der Waals surface area contributed by atoms with Crippen molar-refractivity contribution >= 4 is 32.6 Å². The number of fused-ring (bicyclic) bond motifs is 1. The molecule has 0 unspecified atom stereocenters. The zero-order valence-corrected chi connectivity index (χ0v) is 15.3. The molecule has 4 nitrogen and oxygen atoms in total. The van der Waals surface area contributed by atoms with Crippen LogP contribution >= 0.6 is 11.3 Å². The lowest BCUT2D eigenvalue weighted by Crippen LogP contribution is -2.36. The van der Waals surface area contributed by atoms with Gasteiger partial charge in [0.05, 0.1) is 16.8 Å². The monoisotopic (exact) mass is 367 g/mol. The molecular formula is C18H23F2N3OS. The van der Waals surface area contributed by atoms with Crippen molar-refractivity contribution in [2.75, 3.05) is 24.5 Å². The number of rotatable bonds is 5. The molecule has 1 aliphatic rings. The van der Waals surface area contributed by atoms with Crippen molar-refractivity contribution in [3.8, 4) is 0 Å². The fraction of sp³-hybridized carbons (Fsp3) is 0.556. The highest BCUT2D eigenvalue weighted by molar-refractivity contribution is 7.22. The molecule has 0 spiro atoms. The van der Waals surface area contributed by atoms with Gasteiger partial charge in [-0.25, -0.2) is 13.8 Å². The maximum absolute atomic E-state index is 12.1. The van der Waals surface area contributed by atoms with E-state index >= 15 is 0 Å². The lowest BCUT2D eigenvalue weighted by atomic mass is 9.93. The molecule has 1 amide bonds. The Bertz CT molecular complexity index is 754. The number of carbonyl (C=O) groups excluding carboxylic acids is 1. The molecule has 0 radical (unpaired) electrons. The maximum atomic E-state index is 12.1. The summed E-state index contributed by atoms with van der Waals surface area (Å²) in [5.41, 5.74) is 3.55. The summed E-state index contributed by atoms with van der Waals surface area (Å²) in [7, 11) is 0. The molecule has 1 fully saturated rings. The van der Waals surface area contributed by atoms with Gasteiger partial charge in [0.1, 0.15) is 0 Å². The van der Waals surface area contributed by atoms with E-state index in [2.05, 4.69) is 36.2 Å². The van der Waals surface area contributed by atoms with E-state index in [1.54, 1.807) is 11.3 Å². The average molecular weight is 367 g/mol. The highest BCUT2D eigenvalue weighted by Crippen LogP contribution is 2.34. The summed E-state index contributed by atoms with van der Waals surface area (Å²) in [6, 6.07) is 4.25. The first-order valence-corrected chi connectivity index (χ1v) is 9.42. The first kappa shape index (κ1) is 18.0. The fourth-order valence-electron chi connectivity index (χ4n) is 3.20.